The van der Waals surface area contributed by atoms with Crippen LogP contribution >= 0.6 is 0 Å². The topological polar surface area (TPSA) is 95.6 Å². The molecule has 2 unspecified atom stereocenters. The molecule has 0 fully saturated rings. The number of benzene rings is 1. The van der Waals surface area contributed by atoms with Gasteiger partial charge in [-0.1, -0.05) is 6.07 Å². The fraction of sp³-hybridized carbons (Fsp3) is 0.333. The quantitative estimate of drug-likeness (QED) is 0.728. The zero-order valence-electron chi connectivity index (χ0n) is 9.83. The molecule has 1 aromatic carbocycles. The lowest BCUT2D eigenvalue weighted by Gasteiger charge is -2.18. The summed E-state index contributed by atoms with van der Waals surface area (Å²) in [5.41, 5.74) is 1.75. The molecule has 0 spiro atoms. The van der Waals surface area contributed by atoms with Crippen LogP contribution in [-0.2, 0) is 4.79 Å². The van der Waals surface area contributed by atoms with Gasteiger partial charge in [-0.15, -0.1) is 0 Å². The van der Waals surface area contributed by atoms with Crippen molar-refractivity contribution < 1.29 is 19.4 Å². The van der Waals surface area contributed by atoms with Crippen LogP contribution in [0.2, 0.25) is 0 Å². The highest BCUT2D eigenvalue weighted by atomic mass is 16.3. The van der Waals surface area contributed by atoms with Gasteiger partial charge in [-0.25, -0.2) is 4.98 Å². The molecule has 0 saturated heterocycles. The molecule has 0 saturated carbocycles. The normalized spacial score (nSPS) is 14.4. The second kappa shape index (κ2) is 5.16. The number of hydrogen-bond acceptors (Lipinski definition) is 5. The first-order valence-electron chi connectivity index (χ1n) is 5.51. The van der Waals surface area contributed by atoms with Gasteiger partial charge in [0.05, 0.1) is 0 Å². The number of hydrogen-bond donors (Lipinski definition) is 3. The van der Waals surface area contributed by atoms with Crippen molar-refractivity contribution >= 4 is 17.0 Å². The van der Waals surface area contributed by atoms with Gasteiger partial charge in [0.1, 0.15) is 17.7 Å². The van der Waals surface area contributed by atoms with E-state index in [1.165, 1.54) is 13.3 Å². The number of aromatic nitrogens is 1. The monoisotopic (exact) mass is 250 g/mol. The van der Waals surface area contributed by atoms with E-state index in [2.05, 4.69) is 10.3 Å². The SMILES string of the molecule is CC(=O)NCC(O)C(O)c1ccc2ocnc2c1. The molecule has 18 heavy (non-hydrogen) atoms. The van der Waals surface area contributed by atoms with Crippen molar-refractivity contribution in [3.63, 3.8) is 0 Å². The van der Waals surface area contributed by atoms with E-state index < -0.39 is 12.2 Å². The average Bonchev–Trinajstić information content (AvgIpc) is 2.81. The molecule has 1 amide bonds. The maximum Gasteiger partial charge on any atom is 0.216 e. The zero-order valence-corrected chi connectivity index (χ0v) is 9.83. The molecule has 1 aromatic heterocycles. The highest BCUT2D eigenvalue weighted by Crippen LogP contribution is 2.21. The van der Waals surface area contributed by atoms with Gasteiger partial charge in [0.15, 0.2) is 12.0 Å². The molecule has 0 aliphatic heterocycles. The Bertz CT molecular complexity index is 552. The molecule has 0 aliphatic rings. The van der Waals surface area contributed by atoms with Crippen molar-refractivity contribution in [3.05, 3.63) is 30.2 Å². The summed E-state index contributed by atoms with van der Waals surface area (Å²) in [5, 5.41) is 22.1. The molecule has 2 atom stereocenters. The molecular weight excluding hydrogens is 236 g/mol. The summed E-state index contributed by atoms with van der Waals surface area (Å²) in [5.74, 6) is -0.256. The predicted octanol–water partition coefficient (Wildman–Crippen LogP) is 0.358. The lowest BCUT2D eigenvalue weighted by molar-refractivity contribution is -0.119. The number of amides is 1. The lowest BCUT2D eigenvalue weighted by Crippen LogP contribution is -2.34. The van der Waals surface area contributed by atoms with E-state index in [9.17, 15) is 15.0 Å². The van der Waals surface area contributed by atoms with Crippen molar-refractivity contribution in [2.45, 2.75) is 19.1 Å². The minimum atomic E-state index is -1.09. The van der Waals surface area contributed by atoms with E-state index in [1.807, 2.05) is 0 Å². The second-order valence-electron chi connectivity index (χ2n) is 4.03. The van der Waals surface area contributed by atoms with Crippen LogP contribution in [0.25, 0.3) is 11.1 Å². The molecule has 2 aromatic rings. The molecule has 96 valence electrons. The first kappa shape index (κ1) is 12.5. The maximum absolute atomic E-state index is 10.7. The van der Waals surface area contributed by atoms with Crippen LogP contribution in [0.4, 0.5) is 0 Å². The molecule has 2 rings (SSSR count). The van der Waals surface area contributed by atoms with Crippen LogP contribution in [0.5, 0.6) is 0 Å². The van der Waals surface area contributed by atoms with E-state index in [0.717, 1.165) is 0 Å². The highest BCUT2D eigenvalue weighted by Gasteiger charge is 2.19. The van der Waals surface area contributed by atoms with Crippen LogP contribution in [-0.4, -0.2) is 33.8 Å². The molecule has 6 nitrogen and oxygen atoms in total. The Morgan fingerprint density at radius 3 is 3.00 bits per heavy atom. The summed E-state index contributed by atoms with van der Waals surface area (Å²) >= 11 is 0. The third-order valence-corrected chi connectivity index (χ3v) is 2.62. The van der Waals surface area contributed by atoms with Crippen LogP contribution < -0.4 is 5.32 Å². The molecule has 0 radical (unpaired) electrons. The summed E-state index contributed by atoms with van der Waals surface area (Å²) in [6.07, 6.45) is -0.842. The summed E-state index contributed by atoms with van der Waals surface area (Å²) in [4.78, 5) is 14.7. The Morgan fingerprint density at radius 2 is 2.28 bits per heavy atom. The Labute approximate surface area is 103 Å². The minimum absolute atomic E-state index is 0.00659. The molecule has 0 bridgehead atoms. The maximum atomic E-state index is 10.7. The van der Waals surface area contributed by atoms with Gasteiger partial charge < -0.3 is 19.9 Å². The minimum Gasteiger partial charge on any atom is -0.443 e. The summed E-state index contributed by atoms with van der Waals surface area (Å²) in [7, 11) is 0. The summed E-state index contributed by atoms with van der Waals surface area (Å²) < 4.78 is 5.08. The Balaban J connectivity index is 2.11. The molecule has 6 heteroatoms. The number of nitrogens with zero attached hydrogens (tertiary/aromatic N) is 1. The van der Waals surface area contributed by atoms with Gasteiger partial charge in [-0.3, -0.25) is 4.79 Å². The third-order valence-electron chi connectivity index (χ3n) is 2.62. The first-order chi connectivity index (χ1) is 8.58. The summed E-state index contributed by atoms with van der Waals surface area (Å²) in [6.45, 7) is 1.34. The van der Waals surface area contributed by atoms with E-state index in [-0.39, 0.29) is 12.5 Å². The van der Waals surface area contributed by atoms with Gasteiger partial charge in [0.2, 0.25) is 5.91 Å². The van der Waals surface area contributed by atoms with Crippen molar-refractivity contribution in [1.82, 2.24) is 10.3 Å². The van der Waals surface area contributed by atoms with Crippen molar-refractivity contribution in [2.75, 3.05) is 6.54 Å². The third kappa shape index (κ3) is 2.66. The summed E-state index contributed by atoms with van der Waals surface area (Å²) in [6, 6.07) is 4.96. The van der Waals surface area contributed by atoms with Crippen molar-refractivity contribution in [2.24, 2.45) is 0 Å². The Kier molecular flexibility index (Phi) is 3.59. The molecule has 3 N–H and O–H groups in total. The second-order valence-corrected chi connectivity index (χ2v) is 4.03. The Hall–Kier alpha value is -1.92. The van der Waals surface area contributed by atoms with E-state index in [4.69, 9.17) is 4.42 Å². The van der Waals surface area contributed by atoms with E-state index >= 15 is 0 Å². The number of nitrogens with one attached hydrogen (secondary N) is 1. The zero-order chi connectivity index (χ0) is 13.1. The van der Waals surface area contributed by atoms with Gasteiger partial charge >= 0.3 is 0 Å². The molecular formula is C12H14N2O4. The van der Waals surface area contributed by atoms with Gasteiger partial charge in [-0.05, 0) is 17.7 Å². The van der Waals surface area contributed by atoms with Crippen LogP contribution in [0.15, 0.2) is 29.0 Å². The lowest BCUT2D eigenvalue weighted by atomic mass is 10.0. The van der Waals surface area contributed by atoms with E-state index in [1.54, 1.807) is 18.2 Å². The number of oxazole rings is 1. The highest BCUT2D eigenvalue weighted by molar-refractivity contribution is 5.73. The predicted molar refractivity (Wildman–Crippen MR) is 63.7 cm³/mol. The Morgan fingerprint density at radius 1 is 1.50 bits per heavy atom. The van der Waals surface area contributed by atoms with Crippen molar-refractivity contribution in [3.8, 4) is 0 Å². The standard InChI is InChI=1S/C12H14N2O4/c1-7(15)13-5-10(16)12(17)8-2-3-11-9(4-8)14-6-18-11/h2-4,6,10,12,16-17H,5H2,1H3,(H,13,15). The average molecular weight is 250 g/mol. The number of carbonyl (C=O) groups is 1. The van der Waals surface area contributed by atoms with E-state index in [0.29, 0.717) is 16.7 Å². The first-order valence-corrected chi connectivity index (χ1v) is 5.51. The number of aliphatic hydroxyl groups excluding tert-OH is 2. The van der Waals surface area contributed by atoms with Crippen LogP contribution in [0.3, 0.4) is 0 Å². The fourth-order valence-electron chi connectivity index (χ4n) is 1.64. The number of carbonyl (C=O) groups excluding carboxylic acids is 1. The number of aliphatic hydroxyl groups is 2. The van der Waals surface area contributed by atoms with Gasteiger partial charge in [-0.2, -0.15) is 0 Å². The molecule has 0 aliphatic carbocycles. The number of fused-ring (bicyclic) bond motifs is 1. The van der Waals surface area contributed by atoms with Gasteiger partial charge in [0, 0.05) is 13.5 Å². The molecule has 1 heterocycles. The van der Waals surface area contributed by atoms with Gasteiger partial charge in [0.25, 0.3) is 0 Å². The van der Waals surface area contributed by atoms with Crippen LogP contribution in [0, 0.1) is 0 Å². The largest absolute Gasteiger partial charge is 0.443 e. The fourth-order valence-corrected chi connectivity index (χ4v) is 1.64. The smallest absolute Gasteiger partial charge is 0.216 e. The van der Waals surface area contributed by atoms with Crippen LogP contribution in [0.1, 0.15) is 18.6 Å². The van der Waals surface area contributed by atoms with Crippen molar-refractivity contribution in [1.29, 1.82) is 0 Å². The number of rotatable bonds is 4.